The van der Waals surface area contributed by atoms with Crippen molar-refractivity contribution >= 4 is 23.5 Å². The Bertz CT molecular complexity index is 277. The Morgan fingerprint density at radius 1 is 1.64 bits per heavy atom. The van der Waals surface area contributed by atoms with E-state index in [0.717, 1.165) is 19.3 Å². The number of rotatable bonds is 2. The Balaban J connectivity index is 1.94. The summed E-state index contributed by atoms with van der Waals surface area (Å²) >= 11 is 1.75. The van der Waals surface area contributed by atoms with Gasteiger partial charge in [-0.3, -0.25) is 9.59 Å². The Morgan fingerprint density at radius 3 is 3.00 bits per heavy atom. The molecule has 0 amide bonds. The molecule has 0 aromatic rings. The molecule has 1 saturated carbocycles. The molecule has 78 valence electrons. The normalized spacial score (nSPS) is 36.9. The maximum atomic E-state index is 11.2. The molecule has 0 aromatic heterocycles. The van der Waals surface area contributed by atoms with Crippen molar-refractivity contribution in [1.29, 1.82) is 0 Å². The summed E-state index contributed by atoms with van der Waals surface area (Å²) in [5, 5.41) is 8.68. The summed E-state index contributed by atoms with van der Waals surface area (Å²) in [4.78, 5) is 21.7. The number of carboxylic acids is 1. The largest absolute Gasteiger partial charge is 0.481 e. The Morgan fingerprint density at radius 2 is 2.43 bits per heavy atom. The van der Waals surface area contributed by atoms with Crippen LogP contribution in [0.3, 0.4) is 0 Å². The van der Waals surface area contributed by atoms with Crippen molar-refractivity contribution < 1.29 is 14.7 Å². The lowest BCUT2D eigenvalue weighted by Crippen LogP contribution is -2.18. The zero-order valence-corrected chi connectivity index (χ0v) is 8.81. The molecular formula is C10H14O3S. The standard InChI is InChI=1S/C10H14O3S/c11-8-5-10(14-6-8)2-1-7(4-10)3-9(12)13/h7H,1-6H2,(H,12,13). The minimum atomic E-state index is -0.707. The SMILES string of the molecule is O=C(O)CC1CCC2(CC(=O)CS2)C1. The lowest BCUT2D eigenvalue weighted by molar-refractivity contribution is -0.138. The zero-order chi connectivity index (χ0) is 10.2. The second-order valence-electron chi connectivity index (χ2n) is 4.39. The van der Waals surface area contributed by atoms with Gasteiger partial charge in [0, 0.05) is 17.6 Å². The minimum Gasteiger partial charge on any atom is -0.481 e. The van der Waals surface area contributed by atoms with Crippen LogP contribution in [0.5, 0.6) is 0 Å². The third kappa shape index (κ3) is 1.95. The summed E-state index contributed by atoms with van der Waals surface area (Å²) in [6, 6.07) is 0. The van der Waals surface area contributed by atoms with Gasteiger partial charge in [0.25, 0.3) is 0 Å². The van der Waals surface area contributed by atoms with Crippen molar-refractivity contribution in [2.75, 3.05) is 5.75 Å². The molecule has 3 nitrogen and oxygen atoms in total. The summed E-state index contributed by atoms with van der Waals surface area (Å²) in [6.07, 6.45) is 3.88. The first-order chi connectivity index (χ1) is 6.60. The maximum absolute atomic E-state index is 11.2. The van der Waals surface area contributed by atoms with E-state index < -0.39 is 5.97 Å². The molecule has 0 bridgehead atoms. The molecule has 4 heteroatoms. The van der Waals surface area contributed by atoms with E-state index in [9.17, 15) is 9.59 Å². The van der Waals surface area contributed by atoms with Gasteiger partial charge < -0.3 is 5.11 Å². The van der Waals surface area contributed by atoms with Crippen LogP contribution in [0.2, 0.25) is 0 Å². The van der Waals surface area contributed by atoms with Crippen LogP contribution in [0.25, 0.3) is 0 Å². The molecule has 2 atom stereocenters. The summed E-state index contributed by atoms with van der Waals surface area (Å²) in [6.45, 7) is 0. The number of carboxylic acid groups (broad SMARTS) is 1. The van der Waals surface area contributed by atoms with Gasteiger partial charge in [-0.2, -0.15) is 0 Å². The van der Waals surface area contributed by atoms with E-state index in [2.05, 4.69) is 0 Å². The molecular weight excluding hydrogens is 200 g/mol. The average molecular weight is 214 g/mol. The molecule has 14 heavy (non-hydrogen) atoms. The third-order valence-corrected chi connectivity index (χ3v) is 4.78. The molecule has 0 radical (unpaired) electrons. The van der Waals surface area contributed by atoms with Gasteiger partial charge in [-0.05, 0) is 25.2 Å². The van der Waals surface area contributed by atoms with E-state index in [0.29, 0.717) is 23.9 Å². The van der Waals surface area contributed by atoms with Crippen molar-refractivity contribution in [2.24, 2.45) is 5.92 Å². The summed E-state index contributed by atoms with van der Waals surface area (Å²) in [5.41, 5.74) is 0. The van der Waals surface area contributed by atoms with E-state index in [4.69, 9.17) is 5.11 Å². The second kappa shape index (κ2) is 3.57. The van der Waals surface area contributed by atoms with Crippen molar-refractivity contribution in [3.05, 3.63) is 0 Å². The molecule has 2 rings (SSSR count). The van der Waals surface area contributed by atoms with Gasteiger partial charge in [-0.1, -0.05) is 0 Å². The molecule has 1 aliphatic carbocycles. The van der Waals surface area contributed by atoms with Gasteiger partial charge in [0.15, 0.2) is 0 Å². The molecule has 1 saturated heterocycles. The molecule has 1 N–H and O–H groups in total. The molecule has 1 aliphatic heterocycles. The van der Waals surface area contributed by atoms with Crippen molar-refractivity contribution in [3.63, 3.8) is 0 Å². The minimum absolute atomic E-state index is 0.122. The number of ketones is 1. The second-order valence-corrected chi connectivity index (χ2v) is 5.84. The summed E-state index contributed by atoms with van der Waals surface area (Å²) in [7, 11) is 0. The van der Waals surface area contributed by atoms with E-state index in [-0.39, 0.29) is 11.2 Å². The lowest BCUT2D eigenvalue weighted by Gasteiger charge is -2.20. The van der Waals surface area contributed by atoms with Crippen LogP contribution < -0.4 is 0 Å². The number of thioether (sulfide) groups is 1. The highest BCUT2D eigenvalue weighted by Crippen LogP contribution is 2.51. The van der Waals surface area contributed by atoms with Gasteiger partial charge in [-0.25, -0.2) is 0 Å². The number of hydrogen-bond donors (Lipinski definition) is 1. The van der Waals surface area contributed by atoms with E-state index in [1.807, 2.05) is 0 Å². The first-order valence-corrected chi connectivity index (χ1v) is 5.96. The van der Waals surface area contributed by atoms with E-state index in [1.165, 1.54) is 0 Å². The van der Waals surface area contributed by atoms with Crippen LogP contribution in [0.4, 0.5) is 0 Å². The highest BCUT2D eigenvalue weighted by atomic mass is 32.2. The fraction of sp³-hybridized carbons (Fsp3) is 0.800. The predicted octanol–water partition coefficient (Wildman–Crippen LogP) is 1.71. The lowest BCUT2D eigenvalue weighted by atomic mass is 9.97. The van der Waals surface area contributed by atoms with Crippen LogP contribution in [0.1, 0.15) is 32.1 Å². The van der Waals surface area contributed by atoms with Crippen LogP contribution in [0, 0.1) is 5.92 Å². The van der Waals surface area contributed by atoms with Gasteiger partial charge in [0.1, 0.15) is 5.78 Å². The van der Waals surface area contributed by atoms with Gasteiger partial charge in [0.05, 0.1) is 5.75 Å². The quantitative estimate of drug-likeness (QED) is 0.760. The van der Waals surface area contributed by atoms with Crippen LogP contribution in [0.15, 0.2) is 0 Å². The fourth-order valence-electron chi connectivity index (χ4n) is 2.61. The van der Waals surface area contributed by atoms with E-state index >= 15 is 0 Å². The van der Waals surface area contributed by atoms with Crippen LogP contribution >= 0.6 is 11.8 Å². The predicted molar refractivity (Wildman–Crippen MR) is 54.4 cm³/mol. The Hall–Kier alpha value is -0.510. The highest BCUT2D eigenvalue weighted by molar-refractivity contribution is 8.01. The highest BCUT2D eigenvalue weighted by Gasteiger charge is 2.45. The summed E-state index contributed by atoms with van der Waals surface area (Å²) < 4.78 is 0.122. The first-order valence-electron chi connectivity index (χ1n) is 4.97. The Kier molecular flexibility index (Phi) is 2.56. The topological polar surface area (TPSA) is 54.4 Å². The fourth-order valence-corrected chi connectivity index (χ4v) is 4.05. The number of Topliss-reactive ketones (excluding diaryl/α,β-unsaturated/α-hetero) is 1. The van der Waals surface area contributed by atoms with Crippen LogP contribution in [-0.2, 0) is 9.59 Å². The molecule has 2 fully saturated rings. The van der Waals surface area contributed by atoms with Crippen molar-refractivity contribution in [1.82, 2.24) is 0 Å². The van der Waals surface area contributed by atoms with Gasteiger partial charge >= 0.3 is 5.97 Å². The average Bonchev–Trinajstić information content (AvgIpc) is 2.60. The van der Waals surface area contributed by atoms with Crippen molar-refractivity contribution in [3.8, 4) is 0 Å². The monoisotopic (exact) mass is 214 g/mol. The van der Waals surface area contributed by atoms with Gasteiger partial charge in [0.2, 0.25) is 0 Å². The molecule has 0 aromatic carbocycles. The third-order valence-electron chi connectivity index (χ3n) is 3.19. The molecule has 1 spiro atoms. The van der Waals surface area contributed by atoms with Gasteiger partial charge in [-0.15, -0.1) is 11.8 Å². The van der Waals surface area contributed by atoms with Crippen molar-refractivity contribution in [2.45, 2.75) is 36.9 Å². The smallest absolute Gasteiger partial charge is 0.303 e. The zero-order valence-electron chi connectivity index (χ0n) is 7.99. The van der Waals surface area contributed by atoms with Crippen LogP contribution in [-0.4, -0.2) is 27.4 Å². The van der Waals surface area contributed by atoms with E-state index in [1.54, 1.807) is 11.8 Å². The Labute approximate surface area is 87.3 Å². The first kappa shape index (κ1) is 10.0. The molecule has 2 aliphatic rings. The maximum Gasteiger partial charge on any atom is 0.303 e. The number of hydrogen-bond acceptors (Lipinski definition) is 3. The number of carbonyl (C=O) groups excluding carboxylic acids is 1. The number of aliphatic carboxylic acids is 1. The molecule has 2 unspecified atom stereocenters. The summed E-state index contributed by atoms with van der Waals surface area (Å²) in [5.74, 6) is 0.568. The number of carbonyl (C=O) groups is 2. The molecule has 1 heterocycles.